The number of aliphatic carboxylic acids is 1. The van der Waals surface area contributed by atoms with E-state index < -0.39 is 24.3 Å². The van der Waals surface area contributed by atoms with Crippen LogP contribution in [0.3, 0.4) is 0 Å². The third kappa shape index (κ3) is 59.7. The SMILES string of the molecule is CCCCCCCCCC/C=C\CCCCCCCCCCCCCCCCCCCCCCCCCCCCCCCC(=O)OC(COC(=O)CCCCCCCCCCCC)COC(OCC[N+](C)(C)C)C(=O)[O-]. The van der Waals surface area contributed by atoms with E-state index in [-0.39, 0.29) is 32.2 Å². The van der Waals surface area contributed by atoms with Gasteiger partial charge in [0.15, 0.2) is 12.4 Å². The summed E-state index contributed by atoms with van der Waals surface area (Å²) in [5, 5.41) is 11.7. The van der Waals surface area contributed by atoms with Gasteiger partial charge < -0.3 is 33.3 Å². The maximum Gasteiger partial charge on any atom is 0.306 e. The van der Waals surface area contributed by atoms with Crippen LogP contribution in [0.25, 0.3) is 0 Å². The van der Waals surface area contributed by atoms with Gasteiger partial charge >= 0.3 is 11.9 Å². The monoisotopic (exact) mass is 1080 g/mol. The van der Waals surface area contributed by atoms with Crippen LogP contribution >= 0.6 is 0 Å². The van der Waals surface area contributed by atoms with Crippen molar-refractivity contribution >= 4 is 17.9 Å². The summed E-state index contributed by atoms with van der Waals surface area (Å²) in [5.41, 5.74) is 0. The van der Waals surface area contributed by atoms with Crippen LogP contribution in [0.1, 0.15) is 341 Å². The first-order valence-corrected chi connectivity index (χ1v) is 33.3. The Labute approximate surface area is 472 Å². The summed E-state index contributed by atoms with van der Waals surface area (Å²) in [6.45, 7) is 4.78. The molecule has 9 heteroatoms. The van der Waals surface area contributed by atoms with Crippen LogP contribution in [0.5, 0.6) is 0 Å². The number of ether oxygens (including phenoxy) is 4. The molecule has 0 spiro atoms. The van der Waals surface area contributed by atoms with E-state index in [2.05, 4.69) is 26.0 Å². The number of allylic oxidation sites excluding steroid dienone is 2. The summed E-state index contributed by atoms with van der Waals surface area (Å²) in [5.74, 6) is -2.26. The van der Waals surface area contributed by atoms with Gasteiger partial charge in [0, 0.05) is 12.8 Å². The Kier molecular flexibility index (Phi) is 57.6. The molecule has 0 heterocycles. The van der Waals surface area contributed by atoms with Gasteiger partial charge in [0.25, 0.3) is 0 Å². The first-order valence-electron chi connectivity index (χ1n) is 33.3. The molecule has 0 aromatic heterocycles. The lowest BCUT2D eigenvalue weighted by atomic mass is 10.0. The van der Waals surface area contributed by atoms with Crippen molar-refractivity contribution in [3.8, 4) is 0 Å². The van der Waals surface area contributed by atoms with Crippen molar-refractivity contribution < 1.29 is 42.9 Å². The van der Waals surface area contributed by atoms with Crippen LogP contribution in [0, 0.1) is 0 Å². The fourth-order valence-corrected chi connectivity index (χ4v) is 10.1. The van der Waals surface area contributed by atoms with Gasteiger partial charge in [-0.2, -0.15) is 0 Å². The smallest absolute Gasteiger partial charge is 0.306 e. The molecule has 0 aliphatic heterocycles. The van der Waals surface area contributed by atoms with Gasteiger partial charge in [-0.15, -0.1) is 0 Å². The quantitative estimate of drug-likeness (QED) is 0.0195. The Balaban J connectivity index is 3.80. The molecule has 0 aromatic carbocycles. The number of unbranched alkanes of at least 4 members (excludes halogenated alkanes) is 46. The van der Waals surface area contributed by atoms with E-state index in [0.717, 1.165) is 38.5 Å². The molecule has 9 nitrogen and oxygen atoms in total. The molecule has 0 aromatic rings. The first kappa shape index (κ1) is 74.0. The number of carboxylic acid groups (broad SMARTS) is 1. The minimum atomic E-state index is -1.61. The Hall–Kier alpha value is -1.97. The van der Waals surface area contributed by atoms with E-state index in [1.807, 2.05) is 21.1 Å². The molecule has 76 heavy (non-hydrogen) atoms. The fraction of sp³-hybridized carbons (Fsp3) is 0.925. The number of carboxylic acids is 1. The zero-order valence-corrected chi connectivity index (χ0v) is 51.4. The molecule has 0 fully saturated rings. The minimum Gasteiger partial charge on any atom is -0.545 e. The number of likely N-dealkylation sites (N-methyl/N-ethyl adjacent to an activating group) is 1. The predicted molar refractivity (Wildman–Crippen MR) is 320 cm³/mol. The summed E-state index contributed by atoms with van der Waals surface area (Å²) in [6.07, 6.45) is 67.7. The van der Waals surface area contributed by atoms with Crippen LogP contribution in [0.2, 0.25) is 0 Å². The second kappa shape index (κ2) is 59.2. The number of carbonyl (C=O) groups excluding carboxylic acids is 3. The summed E-state index contributed by atoms with van der Waals surface area (Å²) in [7, 11) is 5.93. The van der Waals surface area contributed by atoms with Gasteiger partial charge in [-0.25, -0.2) is 0 Å². The van der Waals surface area contributed by atoms with Crippen LogP contribution in [-0.2, 0) is 33.3 Å². The predicted octanol–water partition coefficient (Wildman–Crippen LogP) is 18.7. The van der Waals surface area contributed by atoms with Crippen molar-refractivity contribution in [3.05, 3.63) is 12.2 Å². The number of hydrogen-bond acceptors (Lipinski definition) is 8. The molecule has 0 aliphatic rings. The molecule has 0 saturated carbocycles. The average Bonchev–Trinajstić information content (AvgIpc) is 3.39. The molecule has 0 bridgehead atoms. The summed E-state index contributed by atoms with van der Waals surface area (Å²) >= 11 is 0. The third-order valence-electron chi connectivity index (χ3n) is 15.3. The minimum absolute atomic E-state index is 0.152. The molecule has 0 amide bonds. The highest BCUT2D eigenvalue weighted by Gasteiger charge is 2.22. The summed E-state index contributed by atoms with van der Waals surface area (Å²) in [4.78, 5) is 37.2. The maximum absolute atomic E-state index is 12.8. The average molecular weight is 1080 g/mol. The highest BCUT2D eigenvalue weighted by Crippen LogP contribution is 2.19. The van der Waals surface area contributed by atoms with Gasteiger partial charge in [-0.1, -0.05) is 302 Å². The number of hydrogen-bond donors (Lipinski definition) is 0. The van der Waals surface area contributed by atoms with Crippen molar-refractivity contribution in [1.82, 2.24) is 0 Å². The van der Waals surface area contributed by atoms with Crippen molar-refractivity contribution in [3.63, 3.8) is 0 Å². The molecule has 0 radical (unpaired) electrons. The Morgan fingerprint density at radius 1 is 0.382 bits per heavy atom. The molecule has 2 unspecified atom stereocenters. The van der Waals surface area contributed by atoms with E-state index in [1.54, 1.807) is 0 Å². The lowest BCUT2D eigenvalue weighted by molar-refractivity contribution is -0.870. The Bertz CT molecular complexity index is 1250. The van der Waals surface area contributed by atoms with Gasteiger partial charge in [0.1, 0.15) is 13.2 Å². The van der Waals surface area contributed by atoms with Crippen LogP contribution < -0.4 is 5.11 Å². The lowest BCUT2D eigenvalue weighted by Crippen LogP contribution is -2.44. The zero-order valence-electron chi connectivity index (χ0n) is 51.4. The summed E-state index contributed by atoms with van der Waals surface area (Å²) in [6, 6.07) is 0. The highest BCUT2D eigenvalue weighted by atomic mass is 16.7. The van der Waals surface area contributed by atoms with E-state index >= 15 is 0 Å². The number of carbonyl (C=O) groups is 3. The maximum atomic E-state index is 12.8. The van der Waals surface area contributed by atoms with E-state index in [9.17, 15) is 19.5 Å². The van der Waals surface area contributed by atoms with Crippen LogP contribution in [-0.4, -0.2) is 82.3 Å². The van der Waals surface area contributed by atoms with Crippen LogP contribution in [0.4, 0.5) is 0 Å². The molecule has 2 atom stereocenters. The number of esters is 2. The number of nitrogens with zero attached hydrogens (tertiary/aromatic N) is 1. The second-order valence-electron chi connectivity index (χ2n) is 24.1. The second-order valence-corrected chi connectivity index (χ2v) is 24.1. The normalized spacial score (nSPS) is 12.7. The molecule has 0 saturated heterocycles. The van der Waals surface area contributed by atoms with Crippen molar-refractivity contribution in [1.29, 1.82) is 0 Å². The molecular weight excluding hydrogens is 947 g/mol. The Morgan fingerprint density at radius 2 is 0.671 bits per heavy atom. The van der Waals surface area contributed by atoms with Crippen molar-refractivity contribution in [2.24, 2.45) is 0 Å². The van der Waals surface area contributed by atoms with E-state index in [4.69, 9.17) is 18.9 Å². The fourth-order valence-electron chi connectivity index (χ4n) is 10.1. The molecule has 0 N–H and O–H groups in total. The molecular formula is C67H129NO8. The molecule has 0 rings (SSSR count). The van der Waals surface area contributed by atoms with E-state index in [0.29, 0.717) is 17.4 Å². The third-order valence-corrected chi connectivity index (χ3v) is 15.3. The number of rotatable bonds is 63. The van der Waals surface area contributed by atoms with Gasteiger partial charge in [0.2, 0.25) is 0 Å². The Morgan fingerprint density at radius 3 is 0.974 bits per heavy atom. The number of quaternary nitrogens is 1. The topological polar surface area (TPSA) is 111 Å². The zero-order chi connectivity index (χ0) is 55.5. The highest BCUT2D eigenvalue weighted by molar-refractivity contribution is 5.70. The van der Waals surface area contributed by atoms with Crippen molar-refractivity contribution in [2.75, 3.05) is 47.5 Å². The molecule has 450 valence electrons. The van der Waals surface area contributed by atoms with E-state index in [1.165, 1.54) is 276 Å². The summed E-state index contributed by atoms with van der Waals surface area (Å²) < 4.78 is 22.7. The molecule has 0 aliphatic carbocycles. The van der Waals surface area contributed by atoms with Gasteiger partial charge in [-0.05, 0) is 38.5 Å². The largest absolute Gasteiger partial charge is 0.545 e. The standard InChI is InChI=1S/C67H129NO8/c1-6-8-10-12-14-16-18-19-20-21-22-23-24-25-26-27-28-29-30-31-32-33-34-35-36-37-38-39-40-41-42-43-44-45-46-47-48-50-52-54-56-58-65(70)76-63(62-75-67(66(71)72)73-60-59-68(3,4)5)61-74-64(69)57-55-53-51-49-17-15-13-11-9-7-2/h21-22,63,67H,6-20,23-62H2,1-5H3/b22-21-. The lowest BCUT2D eigenvalue weighted by Gasteiger charge is -2.26. The van der Waals surface area contributed by atoms with Gasteiger partial charge in [-0.3, -0.25) is 9.59 Å². The van der Waals surface area contributed by atoms with Crippen molar-refractivity contribution in [2.45, 2.75) is 354 Å². The van der Waals surface area contributed by atoms with Crippen LogP contribution in [0.15, 0.2) is 12.2 Å². The van der Waals surface area contributed by atoms with Gasteiger partial charge in [0.05, 0.1) is 40.3 Å². The first-order chi connectivity index (χ1) is 37.1.